The van der Waals surface area contributed by atoms with Crippen LogP contribution in [-0.2, 0) is 11.2 Å². The monoisotopic (exact) mass is 381 g/mol. The molecular weight excluding hydrogens is 357 g/mol. The number of Topliss-reactive ketones (excluding diaryl/α,β-unsaturated/α-hetero) is 1. The van der Waals surface area contributed by atoms with Crippen molar-refractivity contribution in [3.63, 3.8) is 0 Å². The van der Waals surface area contributed by atoms with Crippen molar-refractivity contribution in [2.75, 3.05) is 22.9 Å². The summed E-state index contributed by atoms with van der Waals surface area (Å²) in [5.41, 5.74) is 9.19. The number of halogens is 1. The lowest BCUT2D eigenvalue weighted by Gasteiger charge is -2.35. The van der Waals surface area contributed by atoms with Gasteiger partial charge in [-0.2, -0.15) is 0 Å². The number of carbonyl (C=O) groups excluding carboxylic acids is 1. The number of anilines is 3. The Kier molecular flexibility index (Phi) is 4.59. The molecule has 1 atom stereocenters. The van der Waals surface area contributed by atoms with Crippen molar-refractivity contribution in [1.82, 2.24) is 0 Å². The number of likely N-dealkylation sites (N-methyl/N-ethyl adjacent to an activating group) is 1. The maximum Gasteiger partial charge on any atom is 0.178 e. The quantitative estimate of drug-likeness (QED) is 0.857. The number of nitrogens with zero attached hydrogens (tertiary/aromatic N) is 2. The number of hydrogen-bond donors (Lipinski definition) is 1. The number of benzene rings is 2. The Bertz CT molecular complexity index is 984. The highest BCUT2D eigenvalue weighted by molar-refractivity contribution is 6.01. The fraction of sp³-hybridized carbons (Fsp3) is 0.318. The van der Waals surface area contributed by atoms with Gasteiger partial charge in [0, 0.05) is 37.3 Å². The number of rotatable bonds is 4. The van der Waals surface area contributed by atoms with Gasteiger partial charge >= 0.3 is 0 Å². The maximum absolute atomic E-state index is 15.3. The van der Waals surface area contributed by atoms with E-state index in [1.54, 1.807) is 6.92 Å². The van der Waals surface area contributed by atoms with E-state index in [4.69, 9.17) is 10.5 Å². The summed E-state index contributed by atoms with van der Waals surface area (Å²) in [7, 11) is 0. The number of fused-ring (bicyclic) bond motifs is 2. The van der Waals surface area contributed by atoms with Crippen LogP contribution in [0.5, 0.6) is 11.5 Å². The van der Waals surface area contributed by atoms with Crippen molar-refractivity contribution in [3.05, 3.63) is 53.5 Å². The molecule has 2 heterocycles. The van der Waals surface area contributed by atoms with Crippen LogP contribution >= 0.6 is 0 Å². The average molecular weight is 381 g/mol. The average Bonchev–Trinajstić information content (AvgIpc) is 2.77. The number of nitrogens with two attached hydrogens (primary N) is 1. The van der Waals surface area contributed by atoms with Gasteiger partial charge in [-0.1, -0.05) is 12.1 Å². The first-order chi connectivity index (χ1) is 13.4. The summed E-state index contributed by atoms with van der Waals surface area (Å²) in [6.07, 6.45) is 1.96. The third-order valence-electron chi connectivity index (χ3n) is 5.16. The van der Waals surface area contributed by atoms with Gasteiger partial charge in [0.05, 0.1) is 11.4 Å². The van der Waals surface area contributed by atoms with Crippen molar-refractivity contribution in [1.29, 1.82) is 0 Å². The van der Waals surface area contributed by atoms with Gasteiger partial charge in [-0.3, -0.25) is 4.79 Å². The predicted molar refractivity (Wildman–Crippen MR) is 109 cm³/mol. The molecule has 0 bridgehead atoms. The molecule has 2 aromatic rings. The van der Waals surface area contributed by atoms with Crippen LogP contribution in [-0.4, -0.2) is 24.9 Å². The van der Waals surface area contributed by atoms with Gasteiger partial charge < -0.3 is 20.3 Å². The van der Waals surface area contributed by atoms with Gasteiger partial charge in [0.1, 0.15) is 5.69 Å². The molecule has 0 spiro atoms. The van der Waals surface area contributed by atoms with Gasteiger partial charge in [-0.05, 0) is 44.5 Å². The highest BCUT2D eigenvalue weighted by Crippen LogP contribution is 2.54. The third kappa shape index (κ3) is 2.94. The Morgan fingerprint density at radius 2 is 2.11 bits per heavy atom. The molecule has 0 saturated heterocycles. The maximum atomic E-state index is 15.3. The Morgan fingerprint density at radius 3 is 2.82 bits per heavy atom. The lowest BCUT2D eigenvalue weighted by molar-refractivity contribution is -0.114. The van der Waals surface area contributed by atoms with Gasteiger partial charge in [0.2, 0.25) is 0 Å². The fourth-order valence-electron chi connectivity index (χ4n) is 3.86. The van der Waals surface area contributed by atoms with E-state index in [2.05, 4.69) is 0 Å². The van der Waals surface area contributed by atoms with Crippen molar-refractivity contribution < 1.29 is 13.9 Å². The van der Waals surface area contributed by atoms with E-state index >= 15 is 4.39 Å². The highest BCUT2D eigenvalue weighted by atomic mass is 19.1. The summed E-state index contributed by atoms with van der Waals surface area (Å²) in [6.45, 7) is 6.73. The molecule has 28 heavy (non-hydrogen) atoms. The van der Waals surface area contributed by atoms with Gasteiger partial charge in [-0.25, -0.2) is 4.39 Å². The van der Waals surface area contributed by atoms with E-state index in [-0.39, 0.29) is 18.2 Å². The summed E-state index contributed by atoms with van der Waals surface area (Å²) >= 11 is 0. The van der Waals surface area contributed by atoms with Crippen LogP contribution in [0.2, 0.25) is 0 Å². The smallest absolute Gasteiger partial charge is 0.178 e. The molecule has 6 heteroatoms. The number of allylic oxidation sites excluding steroid dienone is 1. The van der Waals surface area contributed by atoms with E-state index in [0.717, 1.165) is 11.4 Å². The van der Waals surface area contributed by atoms with Gasteiger partial charge in [-0.15, -0.1) is 0 Å². The van der Waals surface area contributed by atoms with Crippen LogP contribution in [0.15, 0.2) is 42.1 Å². The molecule has 2 aliphatic rings. The summed E-state index contributed by atoms with van der Waals surface area (Å²) in [4.78, 5) is 16.4. The zero-order valence-corrected chi connectivity index (χ0v) is 16.3. The molecule has 2 N–H and O–H groups in total. The minimum Gasteiger partial charge on any atom is -0.451 e. The predicted octanol–water partition coefficient (Wildman–Crippen LogP) is 4.27. The van der Waals surface area contributed by atoms with Gasteiger partial charge in [0.15, 0.2) is 23.1 Å². The minimum atomic E-state index is -0.400. The van der Waals surface area contributed by atoms with E-state index in [0.29, 0.717) is 41.4 Å². The Balaban J connectivity index is 2.00. The van der Waals surface area contributed by atoms with Crippen molar-refractivity contribution >= 4 is 22.8 Å². The molecule has 0 aliphatic carbocycles. The molecule has 1 unspecified atom stereocenters. The second-order valence-corrected chi connectivity index (χ2v) is 7.41. The fourth-order valence-corrected chi connectivity index (χ4v) is 3.86. The minimum absolute atomic E-state index is 0.0239. The highest BCUT2D eigenvalue weighted by Gasteiger charge is 2.34. The number of para-hydroxylation sites is 2. The van der Waals surface area contributed by atoms with Crippen LogP contribution < -0.4 is 20.3 Å². The first-order valence-corrected chi connectivity index (χ1v) is 9.54. The Morgan fingerprint density at radius 1 is 1.36 bits per heavy atom. The Hall–Kier alpha value is -2.86. The molecule has 0 saturated carbocycles. The second-order valence-electron chi connectivity index (χ2n) is 7.41. The SMILES string of the molecule is CCN(CC(C)N)c1c(F)cc2c3c1Oc1ccccc1N3C=C(C)C(=O)C2. The van der Waals surface area contributed by atoms with Crippen molar-refractivity contribution in [2.45, 2.75) is 33.2 Å². The number of ether oxygens (including phenoxy) is 1. The van der Waals surface area contributed by atoms with E-state index < -0.39 is 5.82 Å². The lowest BCUT2D eigenvalue weighted by atomic mass is 10.0. The summed E-state index contributed by atoms with van der Waals surface area (Å²) < 4.78 is 21.5. The van der Waals surface area contributed by atoms with Gasteiger partial charge in [0.25, 0.3) is 0 Å². The van der Waals surface area contributed by atoms with Crippen molar-refractivity contribution in [3.8, 4) is 11.5 Å². The van der Waals surface area contributed by atoms with E-state index in [1.165, 1.54) is 6.07 Å². The zero-order chi connectivity index (χ0) is 20.0. The summed E-state index contributed by atoms with van der Waals surface area (Å²) in [5.74, 6) is 0.644. The lowest BCUT2D eigenvalue weighted by Crippen LogP contribution is -2.36. The standard InChI is InChI=1S/C22H24FN3O2/c1-4-25(12-14(3)24)21-16(23)9-15-10-18(27)13(2)11-26-17-7-5-6-8-19(17)28-22(21)20(15)26/h5-9,11,14H,4,10,12,24H2,1-3H3. The molecule has 2 aliphatic heterocycles. The molecule has 0 radical (unpaired) electrons. The van der Waals surface area contributed by atoms with Crippen LogP contribution in [0.3, 0.4) is 0 Å². The molecule has 2 aromatic carbocycles. The van der Waals surface area contributed by atoms with E-state index in [9.17, 15) is 4.79 Å². The third-order valence-corrected chi connectivity index (χ3v) is 5.16. The normalized spacial score (nSPS) is 15.8. The second kappa shape index (κ2) is 6.95. The molecule has 0 aromatic heterocycles. The molecular formula is C22H24FN3O2. The number of carbonyl (C=O) groups is 1. The Labute approximate surface area is 164 Å². The molecule has 5 nitrogen and oxygen atoms in total. The number of hydrogen-bond acceptors (Lipinski definition) is 5. The van der Waals surface area contributed by atoms with Crippen LogP contribution in [0.25, 0.3) is 0 Å². The topological polar surface area (TPSA) is 58.8 Å². The van der Waals surface area contributed by atoms with Crippen LogP contribution in [0.4, 0.5) is 21.5 Å². The van der Waals surface area contributed by atoms with Crippen molar-refractivity contribution in [2.24, 2.45) is 5.73 Å². The largest absolute Gasteiger partial charge is 0.451 e. The summed E-state index contributed by atoms with van der Waals surface area (Å²) in [6, 6.07) is 8.92. The zero-order valence-electron chi connectivity index (χ0n) is 16.3. The van der Waals surface area contributed by atoms with Crippen LogP contribution in [0.1, 0.15) is 26.3 Å². The van der Waals surface area contributed by atoms with Crippen LogP contribution in [0, 0.1) is 5.82 Å². The molecule has 0 amide bonds. The molecule has 0 fully saturated rings. The van der Waals surface area contributed by atoms with E-state index in [1.807, 2.05) is 54.1 Å². The summed E-state index contributed by atoms with van der Waals surface area (Å²) in [5, 5.41) is 0. The molecule has 146 valence electrons. The first-order valence-electron chi connectivity index (χ1n) is 9.54. The molecule has 4 rings (SSSR count). The first kappa shape index (κ1) is 18.5. The number of ketones is 1.